The van der Waals surface area contributed by atoms with E-state index in [-0.39, 0.29) is 10.7 Å². The zero-order valence-corrected chi connectivity index (χ0v) is 11.5. The minimum atomic E-state index is -4.18. The molecule has 0 saturated heterocycles. The molecule has 0 aliphatic carbocycles. The van der Waals surface area contributed by atoms with Gasteiger partial charge in [-0.05, 0) is 24.3 Å². The van der Waals surface area contributed by atoms with Crippen LogP contribution in [0, 0.1) is 12.7 Å². The molecule has 0 saturated carbocycles. The zero-order chi connectivity index (χ0) is 14.9. The van der Waals surface area contributed by atoms with Crippen LogP contribution in [0.5, 0.6) is 0 Å². The molecule has 0 aliphatic rings. The minimum Gasteiger partial charge on any atom is -0.478 e. The molecular formula is C9H7FN4O4S2. The SMILES string of the molecule is Cc1c(F)cc(C(=O)O)cc1S(=O)(=O)Nc1nnns1. The number of nitrogens with zero attached hydrogens (tertiary/aromatic N) is 3. The summed E-state index contributed by atoms with van der Waals surface area (Å²) in [5, 5.41) is 15.3. The van der Waals surface area contributed by atoms with E-state index in [0.29, 0.717) is 11.5 Å². The first-order chi connectivity index (χ1) is 9.31. The summed E-state index contributed by atoms with van der Waals surface area (Å²) < 4.78 is 43.2. The molecule has 1 aromatic carbocycles. The summed E-state index contributed by atoms with van der Waals surface area (Å²) in [6.45, 7) is 1.23. The van der Waals surface area contributed by atoms with Gasteiger partial charge < -0.3 is 5.11 Å². The third kappa shape index (κ3) is 2.72. The maximum absolute atomic E-state index is 13.6. The maximum Gasteiger partial charge on any atom is 0.335 e. The quantitative estimate of drug-likeness (QED) is 0.858. The molecule has 0 aliphatic heterocycles. The number of aromatic carboxylic acids is 1. The molecule has 0 radical (unpaired) electrons. The van der Waals surface area contributed by atoms with Gasteiger partial charge in [-0.3, -0.25) is 4.72 Å². The smallest absolute Gasteiger partial charge is 0.335 e. The van der Waals surface area contributed by atoms with Crippen molar-refractivity contribution in [2.24, 2.45) is 0 Å². The number of aromatic nitrogens is 3. The molecular weight excluding hydrogens is 311 g/mol. The van der Waals surface area contributed by atoms with Gasteiger partial charge in [-0.15, -0.1) is 0 Å². The van der Waals surface area contributed by atoms with E-state index in [1.165, 1.54) is 6.92 Å². The van der Waals surface area contributed by atoms with E-state index in [9.17, 15) is 17.6 Å². The fourth-order valence-corrected chi connectivity index (χ4v) is 3.26. The molecule has 0 amide bonds. The average Bonchev–Trinajstić information content (AvgIpc) is 2.83. The Hall–Kier alpha value is -2.14. The summed E-state index contributed by atoms with van der Waals surface area (Å²) in [5.41, 5.74) is -0.663. The number of anilines is 1. The molecule has 0 unspecified atom stereocenters. The number of hydrogen-bond donors (Lipinski definition) is 2. The highest BCUT2D eigenvalue weighted by Crippen LogP contribution is 2.23. The lowest BCUT2D eigenvalue weighted by molar-refractivity contribution is 0.0696. The van der Waals surface area contributed by atoms with Crippen molar-refractivity contribution in [3.05, 3.63) is 29.1 Å². The third-order valence-electron chi connectivity index (χ3n) is 2.35. The second kappa shape index (κ2) is 5.09. The molecule has 106 valence electrons. The first-order valence-corrected chi connectivity index (χ1v) is 7.28. The lowest BCUT2D eigenvalue weighted by atomic mass is 10.1. The Labute approximate surface area is 116 Å². The van der Waals surface area contributed by atoms with Crippen molar-refractivity contribution in [3.63, 3.8) is 0 Å². The average molecular weight is 318 g/mol. The molecule has 2 aromatic rings. The van der Waals surface area contributed by atoms with Gasteiger partial charge in [-0.25, -0.2) is 17.6 Å². The van der Waals surface area contributed by atoms with Crippen molar-refractivity contribution in [2.75, 3.05) is 4.72 Å². The number of benzene rings is 1. The van der Waals surface area contributed by atoms with Crippen LogP contribution >= 0.6 is 11.5 Å². The number of hydrogen-bond acceptors (Lipinski definition) is 7. The summed E-state index contributed by atoms with van der Waals surface area (Å²) in [7, 11) is -4.18. The van der Waals surface area contributed by atoms with Gasteiger partial charge in [0.25, 0.3) is 10.0 Å². The van der Waals surface area contributed by atoms with Crippen LogP contribution in [0.4, 0.5) is 9.52 Å². The first kappa shape index (κ1) is 14.3. The van der Waals surface area contributed by atoms with Gasteiger partial charge in [0.05, 0.1) is 10.5 Å². The fraction of sp³-hybridized carbons (Fsp3) is 0.111. The predicted molar refractivity (Wildman–Crippen MR) is 66.6 cm³/mol. The lowest BCUT2D eigenvalue weighted by Crippen LogP contribution is -2.16. The minimum absolute atomic E-state index is 0.106. The second-order valence-electron chi connectivity index (χ2n) is 3.66. The molecule has 0 fully saturated rings. The van der Waals surface area contributed by atoms with Crippen LogP contribution in [-0.4, -0.2) is 34.3 Å². The van der Waals surface area contributed by atoms with Gasteiger partial charge in [-0.2, -0.15) is 0 Å². The normalized spacial score (nSPS) is 11.3. The number of nitrogens with one attached hydrogen (secondary N) is 1. The molecule has 1 heterocycles. The summed E-state index contributed by atoms with van der Waals surface area (Å²) in [4.78, 5) is 10.4. The topological polar surface area (TPSA) is 122 Å². The Balaban J connectivity index is 2.53. The number of sulfonamides is 1. The van der Waals surface area contributed by atoms with Crippen molar-refractivity contribution < 1.29 is 22.7 Å². The predicted octanol–water partition coefficient (Wildman–Crippen LogP) is 0.880. The van der Waals surface area contributed by atoms with Gasteiger partial charge in [0.15, 0.2) is 0 Å². The number of carboxylic acid groups (broad SMARTS) is 1. The van der Waals surface area contributed by atoms with E-state index in [0.717, 1.165) is 12.1 Å². The summed E-state index contributed by atoms with van der Waals surface area (Å²) in [6, 6.07) is 1.63. The molecule has 2 N–H and O–H groups in total. The molecule has 20 heavy (non-hydrogen) atoms. The van der Waals surface area contributed by atoms with Crippen LogP contribution in [0.3, 0.4) is 0 Å². The Kier molecular flexibility index (Phi) is 3.63. The molecule has 0 spiro atoms. The van der Waals surface area contributed by atoms with Gasteiger partial charge in [0.2, 0.25) is 5.13 Å². The van der Waals surface area contributed by atoms with E-state index >= 15 is 0 Å². The third-order valence-corrected chi connectivity index (χ3v) is 4.46. The largest absolute Gasteiger partial charge is 0.478 e. The molecule has 0 bridgehead atoms. The van der Waals surface area contributed by atoms with Crippen LogP contribution in [0.1, 0.15) is 15.9 Å². The molecule has 11 heteroatoms. The first-order valence-electron chi connectivity index (χ1n) is 5.02. The lowest BCUT2D eigenvalue weighted by Gasteiger charge is -2.09. The number of rotatable bonds is 4. The van der Waals surface area contributed by atoms with Crippen LogP contribution in [-0.2, 0) is 10.0 Å². The van der Waals surface area contributed by atoms with Crippen LogP contribution < -0.4 is 4.72 Å². The molecule has 2 rings (SSSR count). The van der Waals surface area contributed by atoms with E-state index in [1.807, 2.05) is 4.72 Å². The number of halogens is 1. The van der Waals surface area contributed by atoms with Crippen molar-refractivity contribution in [1.29, 1.82) is 0 Å². The Morgan fingerprint density at radius 1 is 1.45 bits per heavy atom. The highest BCUT2D eigenvalue weighted by molar-refractivity contribution is 7.93. The standard InChI is InChI=1S/C9H7FN4O4S2/c1-4-6(10)2-5(8(15)16)3-7(4)20(17,18)12-9-11-13-14-19-9/h2-3H,1H3,(H,15,16)(H,11,12,14). The van der Waals surface area contributed by atoms with Crippen molar-refractivity contribution in [2.45, 2.75) is 11.8 Å². The van der Waals surface area contributed by atoms with Crippen molar-refractivity contribution in [3.8, 4) is 0 Å². The summed E-state index contributed by atoms with van der Waals surface area (Å²) in [5.74, 6) is -2.36. The molecule has 8 nitrogen and oxygen atoms in total. The van der Waals surface area contributed by atoms with Gasteiger partial charge in [0, 0.05) is 17.1 Å². The zero-order valence-electron chi connectivity index (χ0n) is 9.86. The number of carbonyl (C=O) groups is 1. The van der Waals surface area contributed by atoms with Crippen LogP contribution in [0.25, 0.3) is 0 Å². The monoisotopic (exact) mass is 318 g/mol. The maximum atomic E-state index is 13.6. The summed E-state index contributed by atoms with van der Waals surface area (Å²) >= 11 is 0.692. The van der Waals surface area contributed by atoms with Crippen molar-refractivity contribution in [1.82, 2.24) is 14.8 Å². The van der Waals surface area contributed by atoms with Gasteiger partial charge in [-0.1, -0.05) is 9.59 Å². The van der Waals surface area contributed by atoms with E-state index in [2.05, 4.69) is 14.8 Å². The van der Waals surface area contributed by atoms with E-state index < -0.39 is 32.3 Å². The Bertz CT molecular complexity index is 761. The van der Waals surface area contributed by atoms with E-state index in [1.54, 1.807) is 0 Å². The van der Waals surface area contributed by atoms with Crippen molar-refractivity contribution >= 4 is 32.7 Å². The molecule has 1 aromatic heterocycles. The highest BCUT2D eigenvalue weighted by Gasteiger charge is 2.23. The highest BCUT2D eigenvalue weighted by atomic mass is 32.2. The summed E-state index contributed by atoms with van der Waals surface area (Å²) in [6.07, 6.45) is 0. The Morgan fingerprint density at radius 2 is 2.15 bits per heavy atom. The Morgan fingerprint density at radius 3 is 2.70 bits per heavy atom. The van der Waals surface area contributed by atoms with Crippen LogP contribution in [0.15, 0.2) is 17.0 Å². The number of carboxylic acids is 1. The fourth-order valence-electron chi connectivity index (χ4n) is 1.40. The molecule has 0 atom stereocenters. The van der Waals surface area contributed by atoms with Crippen LogP contribution in [0.2, 0.25) is 0 Å². The van der Waals surface area contributed by atoms with Gasteiger partial charge >= 0.3 is 5.97 Å². The van der Waals surface area contributed by atoms with E-state index in [4.69, 9.17) is 5.11 Å². The second-order valence-corrected chi connectivity index (χ2v) is 6.04. The van der Waals surface area contributed by atoms with Gasteiger partial charge in [0.1, 0.15) is 5.82 Å².